The summed E-state index contributed by atoms with van der Waals surface area (Å²) in [7, 11) is 0. The Morgan fingerprint density at radius 1 is 1.12 bits per heavy atom. The molecule has 1 aromatic carbocycles. The summed E-state index contributed by atoms with van der Waals surface area (Å²) in [5.41, 5.74) is 0.562. The summed E-state index contributed by atoms with van der Waals surface area (Å²) in [4.78, 5) is 21.2. The second-order valence-electron chi connectivity index (χ2n) is 6.08. The van der Waals surface area contributed by atoms with Gasteiger partial charge in [-0.2, -0.15) is 4.98 Å². The van der Waals surface area contributed by atoms with Gasteiger partial charge in [0.25, 0.3) is 5.88 Å². The maximum atomic E-state index is 12.2. The first-order valence-corrected chi connectivity index (χ1v) is 9.19. The minimum Gasteiger partial charge on any atom is -0.486 e. The summed E-state index contributed by atoms with van der Waals surface area (Å²) in [6.07, 6.45) is 1.93. The van der Waals surface area contributed by atoms with Gasteiger partial charge in [0.05, 0.1) is 13.2 Å². The van der Waals surface area contributed by atoms with Gasteiger partial charge in [0.15, 0.2) is 5.82 Å². The van der Waals surface area contributed by atoms with Crippen molar-refractivity contribution in [2.45, 2.75) is 32.7 Å². The first kappa shape index (κ1) is 18.3. The number of rotatable bonds is 7. The number of H-pyrrole nitrogens is 1. The zero-order valence-electron chi connectivity index (χ0n) is 15.3. The van der Waals surface area contributed by atoms with Gasteiger partial charge in [0.2, 0.25) is 5.75 Å². The van der Waals surface area contributed by atoms with Gasteiger partial charge < -0.3 is 19.7 Å². The van der Waals surface area contributed by atoms with Gasteiger partial charge in [0.1, 0.15) is 0 Å². The number of benzene rings is 1. The van der Waals surface area contributed by atoms with Crippen LogP contribution >= 0.6 is 0 Å². The molecule has 0 aliphatic carbocycles. The van der Waals surface area contributed by atoms with Crippen molar-refractivity contribution in [3.05, 3.63) is 40.8 Å². The molecular formula is C19H26N4O3. The number of hydrogen-bond donors (Lipinski definition) is 2. The van der Waals surface area contributed by atoms with Crippen molar-refractivity contribution < 1.29 is 9.47 Å². The standard InChI is InChI=1S/C19H26N4O3/c1-3-25-16-17(21-19(24)22-18(16)26-4-2)23(14-8-6-5-7-9-14)15-10-12-20-13-11-15/h5-9,15,20H,3-4,10-13H2,1-2H3,(H,21,22,24). The fourth-order valence-corrected chi connectivity index (χ4v) is 3.28. The lowest BCUT2D eigenvalue weighted by Crippen LogP contribution is -2.42. The third kappa shape index (κ3) is 3.99. The van der Waals surface area contributed by atoms with E-state index in [1.165, 1.54) is 0 Å². The highest BCUT2D eigenvalue weighted by molar-refractivity contribution is 5.68. The fraction of sp³-hybridized carbons (Fsp3) is 0.474. The number of nitrogens with zero attached hydrogens (tertiary/aromatic N) is 2. The lowest BCUT2D eigenvalue weighted by atomic mass is 10.0. The van der Waals surface area contributed by atoms with Crippen LogP contribution in [-0.2, 0) is 0 Å². The highest BCUT2D eigenvalue weighted by Gasteiger charge is 2.28. The van der Waals surface area contributed by atoms with Gasteiger partial charge in [-0.25, -0.2) is 4.79 Å². The van der Waals surface area contributed by atoms with Crippen molar-refractivity contribution in [1.29, 1.82) is 0 Å². The van der Waals surface area contributed by atoms with Crippen molar-refractivity contribution in [2.24, 2.45) is 0 Å². The number of para-hydroxylation sites is 1. The van der Waals surface area contributed by atoms with Crippen LogP contribution in [0.4, 0.5) is 11.5 Å². The van der Waals surface area contributed by atoms with E-state index in [0.717, 1.165) is 31.6 Å². The molecule has 2 N–H and O–H groups in total. The molecule has 2 aromatic rings. The Kier molecular flexibility index (Phi) is 6.12. The summed E-state index contributed by atoms with van der Waals surface area (Å²) in [6, 6.07) is 10.3. The van der Waals surface area contributed by atoms with Gasteiger partial charge in [-0.05, 0) is 51.9 Å². The van der Waals surface area contributed by atoms with Crippen LogP contribution in [0.25, 0.3) is 0 Å². The predicted molar refractivity (Wildman–Crippen MR) is 102 cm³/mol. The molecule has 26 heavy (non-hydrogen) atoms. The van der Waals surface area contributed by atoms with E-state index >= 15 is 0 Å². The normalized spacial score (nSPS) is 14.8. The van der Waals surface area contributed by atoms with E-state index < -0.39 is 5.69 Å². The molecular weight excluding hydrogens is 332 g/mol. The van der Waals surface area contributed by atoms with Gasteiger partial charge >= 0.3 is 5.69 Å². The molecule has 0 unspecified atom stereocenters. The molecule has 1 saturated heterocycles. The number of anilines is 2. The number of hydrogen-bond acceptors (Lipinski definition) is 6. The summed E-state index contributed by atoms with van der Waals surface area (Å²) < 4.78 is 11.4. The molecule has 2 heterocycles. The lowest BCUT2D eigenvalue weighted by Gasteiger charge is -2.36. The third-order valence-corrected chi connectivity index (χ3v) is 4.36. The quantitative estimate of drug-likeness (QED) is 0.791. The van der Waals surface area contributed by atoms with E-state index in [4.69, 9.17) is 9.47 Å². The monoisotopic (exact) mass is 358 g/mol. The molecule has 140 valence electrons. The van der Waals surface area contributed by atoms with Crippen molar-refractivity contribution in [3.8, 4) is 11.6 Å². The minimum atomic E-state index is -0.443. The molecule has 0 atom stereocenters. The zero-order chi connectivity index (χ0) is 18.4. The number of ether oxygens (including phenoxy) is 2. The molecule has 0 saturated carbocycles. The number of piperidine rings is 1. The summed E-state index contributed by atoms with van der Waals surface area (Å²) in [5.74, 6) is 1.33. The Balaban J connectivity index is 2.14. The van der Waals surface area contributed by atoms with E-state index in [0.29, 0.717) is 24.8 Å². The SMILES string of the molecule is CCOc1nc(=O)[nH]c(N(c2ccccc2)C2CCNCC2)c1OCC. The van der Waals surface area contributed by atoms with Gasteiger partial charge in [-0.3, -0.25) is 4.98 Å². The molecule has 0 bridgehead atoms. The zero-order valence-corrected chi connectivity index (χ0v) is 15.3. The highest BCUT2D eigenvalue weighted by Crippen LogP contribution is 2.39. The number of aromatic amines is 1. The van der Waals surface area contributed by atoms with E-state index in [9.17, 15) is 4.79 Å². The van der Waals surface area contributed by atoms with Crippen molar-refractivity contribution >= 4 is 11.5 Å². The predicted octanol–water partition coefficient (Wildman–Crippen LogP) is 2.46. The molecule has 7 heteroatoms. The molecule has 1 aromatic heterocycles. The molecule has 1 fully saturated rings. The van der Waals surface area contributed by atoms with Crippen LogP contribution in [0.5, 0.6) is 11.6 Å². The van der Waals surface area contributed by atoms with E-state index in [1.807, 2.05) is 44.2 Å². The second kappa shape index (κ2) is 8.71. The number of aromatic nitrogens is 2. The Morgan fingerprint density at radius 3 is 2.46 bits per heavy atom. The van der Waals surface area contributed by atoms with Crippen LogP contribution in [0.3, 0.4) is 0 Å². The lowest BCUT2D eigenvalue weighted by molar-refractivity contribution is 0.275. The molecule has 1 aliphatic rings. The minimum absolute atomic E-state index is 0.239. The first-order valence-electron chi connectivity index (χ1n) is 9.19. The third-order valence-electron chi connectivity index (χ3n) is 4.36. The average Bonchev–Trinajstić information content (AvgIpc) is 2.66. The second-order valence-corrected chi connectivity index (χ2v) is 6.08. The van der Waals surface area contributed by atoms with Gasteiger partial charge in [0, 0.05) is 11.7 Å². The van der Waals surface area contributed by atoms with E-state index in [-0.39, 0.29) is 11.9 Å². The van der Waals surface area contributed by atoms with Crippen LogP contribution in [0, 0.1) is 0 Å². The summed E-state index contributed by atoms with van der Waals surface area (Å²) >= 11 is 0. The highest BCUT2D eigenvalue weighted by atomic mass is 16.5. The van der Waals surface area contributed by atoms with Crippen LogP contribution in [0.2, 0.25) is 0 Å². The van der Waals surface area contributed by atoms with E-state index in [1.54, 1.807) is 0 Å². The Hall–Kier alpha value is -2.54. The average molecular weight is 358 g/mol. The van der Waals surface area contributed by atoms with Crippen molar-refractivity contribution in [1.82, 2.24) is 15.3 Å². The maximum Gasteiger partial charge on any atom is 0.350 e. The molecule has 3 rings (SSSR count). The van der Waals surface area contributed by atoms with E-state index in [2.05, 4.69) is 20.2 Å². The molecule has 7 nitrogen and oxygen atoms in total. The molecule has 1 aliphatic heterocycles. The maximum absolute atomic E-state index is 12.2. The number of nitrogens with one attached hydrogen (secondary N) is 2. The van der Waals surface area contributed by atoms with Crippen LogP contribution in [-0.4, -0.2) is 42.3 Å². The summed E-state index contributed by atoms with van der Waals surface area (Å²) in [6.45, 7) is 6.50. The Bertz CT molecular complexity index is 757. The van der Waals surface area contributed by atoms with Crippen LogP contribution in [0.15, 0.2) is 35.1 Å². The Morgan fingerprint density at radius 2 is 1.81 bits per heavy atom. The molecule has 0 amide bonds. The van der Waals surface area contributed by atoms with Crippen molar-refractivity contribution in [2.75, 3.05) is 31.2 Å². The molecule has 0 radical (unpaired) electrons. The fourth-order valence-electron chi connectivity index (χ4n) is 3.28. The summed E-state index contributed by atoms with van der Waals surface area (Å²) in [5, 5.41) is 3.39. The van der Waals surface area contributed by atoms with Crippen LogP contribution in [0.1, 0.15) is 26.7 Å². The van der Waals surface area contributed by atoms with Crippen molar-refractivity contribution in [3.63, 3.8) is 0 Å². The Labute approximate surface area is 153 Å². The first-order chi connectivity index (χ1) is 12.7. The van der Waals surface area contributed by atoms with Gasteiger partial charge in [-0.15, -0.1) is 0 Å². The van der Waals surface area contributed by atoms with Crippen LogP contribution < -0.4 is 25.4 Å². The smallest absolute Gasteiger partial charge is 0.350 e. The molecule has 0 spiro atoms. The topological polar surface area (TPSA) is 79.5 Å². The largest absolute Gasteiger partial charge is 0.486 e. The van der Waals surface area contributed by atoms with Gasteiger partial charge in [-0.1, -0.05) is 18.2 Å².